The molecule has 0 amide bonds. The van der Waals surface area contributed by atoms with Crippen LogP contribution in [-0.2, 0) is 31.9 Å². The van der Waals surface area contributed by atoms with Gasteiger partial charge in [0.1, 0.15) is 5.82 Å². The quantitative estimate of drug-likeness (QED) is 0.142. The number of hydrogen-bond donors (Lipinski definition) is 0. The molecule has 69 heavy (non-hydrogen) atoms. The van der Waals surface area contributed by atoms with E-state index in [-0.39, 0.29) is 37.8 Å². The van der Waals surface area contributed by atoms with Crippen LogP contribution in [0.2, 0.25) is 0 Å². The molecule has 1 atom stereocenters. The van der Waals surface area contributed by atoms with Gasteiger partial charge in [-0.2, -0.15) is 6.07 Å². The Morgan fingerprint density at radius 3 is 1.86 bits per heavy atom. The molecule has 0 saturated heterocycles. The van der Waals surface area contributed by atoms with Crippen LogP contribution in [0.3, 0.4) is 0 Å². The van der Waals surface area contributed by atoms with E-state index >= 15 is 0 Å². The number of hydrogen-bond acceptors (Lipinski definition) is 4. The van der Waals surface area contributed by atoms with E-state index in [0.717, 1.165) is 61.9 Å². The van der Waals surface area contributed by atoms with E-state index in [1.54, 1.807) is 0 Å². The molecular weight excluding hydrogens is 1020 g/mol. The number of nitrogens with zero attached hydrogens (tertiary/aromatic N) is 4. The number of anilines is 4. The van der Waals surface area contributed by atoms with Crippen LogP contribution in [0, 0.1) is 18.8 Å². The van der Waals surface area contributed by atoms with Crippen molar-refractivity contribution in [3.05, 3.63) is 235 Å². The third kappa shape index (κ3) is 7.65. The van der Waals surface area contributed by atoms with Gasteiger partial charge >= 0.3 is 0 Å². The predicted molar refractivity (Wildman–Crippen MR) is 280 cm³/mol. The molecule has 2 aromatic heterocycles. The predicted octanol–water partition coefficient (Wildman–Crippen LogP) is 16.4. The number of fused-ring (bicyclic) bond motifs is 1. The second-order valence-corrected chi connectivity index (χ2v) is 20.1. The molecule has 5 nitrogen and oxygen atoms in total. The monoisotopic (exact) mass is 1070 g/mol. The van der Waals surface area contributed by atoms with E-state index in [1.165, 1.54) is 38.6 Å². The van der Waals surface area contributed by atoms with Crippen LogP contribution < -0.4 is 14.5 Å². The SMILES string of the molecule is CC(C)(C)c1ccnc(-n2c3[c-]c(Oc4[c-]c(N5[CH-]N(c6c(-c7ccccc7)cccc6-c6ccccc6)c6ccc(C(C)(C)C)cc65)ccc4)cc4c3c3c(cccc32)C4c2ccccc2)c1.[Pt]. The molecule has 3 heterocycles. The van der Waals surface area contributed by atoms with E-state index in [0.29, 0.717) is 11.5 Å². The van der Waals surface area contributed by atoms with Crippen molar-refractivity contribution in [3.63, 3.8) is 0 Å². The summed E-state index contributed by atoms with van der Waals surface area (Å²) in [5.41, 5.74) is 16.9. The summed E-state index contributed by atoms with van der Waals surface area (Å²) < 4.78 is 9.27. The number of aromatic nitrogens is 2. The van der Waals surface area contributed by atoms with Crippen LogP contribution in [0.15, 0.2) is 188 Å². The van der Waals surface area contributed by atoms with Gasteiger partial charge in [-0.15, -0.1) is 48.3 Å². The first-order chi connectivity index (χ1) is 33.0. The number of pyridine rings is 1. The summed E-state index contributed by atoms with van der Waals surface area (Å²) in [4.78, 5) is 9.61. The Labute approximate surface area is 419 Å². The topological polar surface area (TPSA) is 33.5 Å². The molecule has 12 rings (SSSR count). The number of ether oxygens (including phenoxy) is 1. The average Bonchev–Trinajstić information content (AvgIpc) is 4.02. The number of benzene rings is 8. The molecule has 6 heteroatoms. The Morgan fingerprint density at radius 1 is 0.536 bits per heavy atom. The van der Waals surface area contributed by atoms with Gasteiger partial charge in [-0.05, 0) is 79.9 Å². The summed E-state index contributed by atoms with van der Waals surface area (Å²) in [5, 5.41) is 2.44. The fourth-order valence-electron chi connectivity index (χ4n) is 10.3. The summed E-state index contributed by atoms with van der Waals surface area (Å²) >= 11 is 0. The minimum atomic E-state index is -0.0697. The normalized spacial score (nSPS) is 14.1. The van der Waals surface area contributed by atoms with E-state index in [2.05, 4.69) is 251 Å². The summed E-state index contributed by atoms with van der Waals surface area (Å²) in [6, 6.07) is 72.6. The molecule has 1 aliphatic heterocycles. The van der Waals surface area contributed by atoms with Gasteiger partial charge in [-0.1, -0.05) is 180 Å². The van der Waals surface area contributed by atoms with Crippen LogP contribution in [0.25, 0.3) is 49.9 Å². The minimum Gasteiger partial charge on any atom is -0.509 e. The van der Waals surface area contributed by atoms with Crippen LogP contribution in [0.5, 0.6) is 11.5 Å². The first-order valence-corrected chi connectivity index (χ1v) is 23.6. The Kier molecular flexibility index (Phi) is 11.0. The molecule has 0 radical (unpaired) electrons. The van der Waals surface area contributed by atoms with E-state index in [4.69, 9.17) is 9.72 Å². The van der Waals surface area contributed by atoms with Crippen molar-refractivity contribution in [2.24, 2.45) is 0 Å². The fraction of sp³-hybridized carbons (Fsp3) is 0.143. The van der Waals surface area contributed by atoms with E-state index < -0.39 is 0 Å². The van der Waals surface area contributed by atoms with Crippen molar-refractivity contribution in [1.29, 1.82) is 0 Å². The van der Waals surface area contributed by atoms with Crippen molar-refractivity contribution in [2.45, 2.75) is 58.3 Å². The largest absolute Gasteiger partial charge is 0.509 e. The molecule has 2 aliphatic rings. The van der Waals surface area contributed by atoms with Crippen LogP contribution in [0.1, 0.15) is 75.3 Å². The molecule has 10 aromatic rings. The second kappa shape index (κ2) is 17.1. The minimum absolute atomic E-state index is 0. The third-order valence-corrected chi connectivity index (χ3v) is 13.7. The zero-order chi connectivity index (χ0) is 46.3. The van der Waals surface area contributed by atoms with Crippen molar-refractivity contribution in [1.82, 2.24) is 9.55 Å². The van der Waals surface area contributed by atoms with Gasteiger partial charge in [0.25, 0.3) is 0 Å². The smallest absolute Gasteiger partial charge is 0.135 e. The molecule has 1 unspecified atom stereocenters. The standard InChI is InChI=1S/C63H51N4O.Pt/c1-62(2,3)44-31-32-53-55(35-44)65(40-66(53)61-49(41-19-10-7-11-20-41)27-17-28-50(61)42-21-12-8-13-22-42)46-25-16-26-47(37-46)68-48-38-52-58(43-23-14-9-15-24-43)51-29-18-30-54-59(51)60(52)56(39-48)67(54)57-36-45(33-34-64-57)63(4,5)6;/h7-36,38,40,58H,1-6H3;/q-3;. The number of para-hydroxylation sites is 1. The van der Waals surface area contributed by atoms with Crippen LogP contribution >= 0.6 is 0 Å². The average molecular weight is 1080 g/mol. The van der Waals surface area contributed by atoms with Crippen molar-refractivity contribution >= 4 is 44.6 Å². The summed E-state index contributed by atoms with van der Waals surface area (Å²) in [6.07, 6.45) is 1.93. The number of rotatable bonds is 8. The maximum Gasteiger partial charge on any atom is 0.135 e. The maximum atomic E-state index is 7.00. The van der Waals surface area contributed by atoms with E-state index in [1.807, 2.05) is 12.3 Å². The van der Waals surface area contributed by atoms with E-state index in [9.17, 15) is 0 Å². The first kappa shape index (κ1) is 44.3. The summed E-state index contributed by atoms with van der Waals surface area (Å²) in [6.45, 7) is 15.8. The van der Waals surface area contributed by atoms with Crippen molar-refractivity contribution < 1.29 is 25.8 Å². The Balaban J connectivity index is 0.00000520. The van der Waals surface area contributed by atoms with Gasteiger partial charge in [0.15, 0.2) is 0 Å². The second-order valence-electron chi connectivity index (χ2n) is 20.1. The molecule has 0 fully saturated rings. The molecule has 8 aromatic carbocycles. The molecule has 342 valence electrons. The molecule has 0 N–H and O–H groups in total. The van der Waals surface area contributed by atoms with Gasteiger partial charge in [0.2, 0.25) is 0 Å². The Morgan fingerprint density at radius 2 is 1.17 bits per heavy atom. The van der Waals surface area contributed by atoms with Gasteiger partial charge in [0, 0.05) is 78.4 Å². The van der Waals surface area contributed by atoms with Gasteiger partial charge in [-0.25, -0.2) is 4.98 Å². The molecule has 0 saturated carbocycles. The molecular formula is C63H51N4OPt-3. The zero-order valence-electron chi connectivity index (χ0n) is 39.6. The van der Waals surface area contributed by atoms with Crippen molar-refractivity contribution in [2.75, 3.05) is 9.80 Å². The van der Waals surface area contributed by atoms with Crippen molar-refractivity contribution in [3.8, 4) is 39.6 Å². The van der Waals surface area contributed by atoms with Crippen LogP contribution in [0.4, 0.5) is 22.7 Å². The Hall–Kier alpha value is -7.20. The molecule has 1 aliphatic carbocycles. The van der Waals surface area contributed by atoms with Gasteiger partial charge < -0.3 is 19.1 Å². The molecule has 0 spiro atoms. The van der Waals surface area contributed by atoms with Gasteiger partial charge in [-0.3, -0.25) is 0 Å². The molecule has 0 bridgehead atoms. The summed E-state index contributed by atoms with van der Waals surface area (Å²) in [7, 11) is 0. The van der Waals surface area contributed by atoms with Gasteiger partial charge in [0.05, 0.1) is 0 Å². The third-order valence-electron chi connectivity index (χ3n) is 13.7. The zero-order valence-corrected chi connectivity index (χ0v) is 41.8. The first-order valence-electron chi connectivity index (χ1n) is 23.6. The fourth-order valence-corrected chi connectivity index (χ4v) is 10.3. The summed E-state index contributed by atoms with van der Waals surface area (Å²) in [5.74, 6) is 2.14. The van der Waals surface area contributed by atoms with Crippen LogP contribution in [-0.4, -0.2) is 9.55 Å². The maximum absolute atomic E-state index is 7.00. The Bertz CT molecular complexity index is 3490.